The molecule has 2 nitrogen and oxygen atoms in total. The van der Waals surface area contributed by atoms with Gasteiger partial charge in [-0.25, -0.2) is 0 Å². The number of hydrogen-bond acceptors (Lipinski definition) is 2. The Bertz CT molecular complexity index is 224. The van der Waals surface area contributed by atoms with E-state index in [-0.39, 0.29) is 0 Å². The molecule has 0 bridgehead atoms. The predicted octanol–water partition coefficient (Wildman–Crippen LogP) is 3.09. The summed E-state index contributed by atoms with van der Waals surface area (Å²) in [5.74, 6) is 0. The van der Waals surface area contributed by atoms with Crippen molar-refractivity contribution < 1.29 is 8.23 Å². The molecule has 15 heavy (non-hydrogen) atoms. The van der Waals surface area contributed by atoms with Gasteiger partial charge in [0.15, 0.2) is 8.32 Å². The molecule has 85 valence electrons. The number of hydrogen-bond donors (Lipinski definition) is 0. The lowest BCUT2D eigenvalue weighted by molar-refractivity contribution is 0.435. The van der Waals surface area contributed by atoms with Crippen molar-refractivity contribution in [3.05, 3.63) is 36.8 Å². The maximum Gasteiger partial charge on any atom is 0.359 e. The highest BCUT2D eigenvalue weighted by Gasteiger charge is 2.30. The van der Waals surface area contributed by atoms with Crippen molar-refractivity contribution in [2.75, 3.05) is 0 Å². The van der Waals surface area contributed by atoms with E-state index in [0.29, 0.717) is 0 Å². The van der Waals surface area contributed by atoms with Crippen LogP contribution in [0.25, 0.3) is 0 Å². The summed E-state index contributed by atoms with van der Waals surface area (Å²) in [5, 5.41) is 0. The first-order valence-corrected chi connectivity index (χ1v) is 12.3. The molecule has 0 amide bonds. The van der Waals surface area contributed by atoms with Gasteiger partial charge in [-0.1, -0.05) is 17.1 Å². The van der Waals surface area contributed by atoms with Crippen LogP contribution in [0.4, 0.5) is 0 Å². The fourth-order valence-corrected chi connectivity index (χ4v) is 8.56. The van der Waals surface area contributed by atoms with Crippen LogP contribution >= 0.6 is 0 Å². The van der Waals surface area contributed by atoms with E-state index >= 15 is 0 Å². The zero-order valence-electron chi connectivity index (χ0n) is 10.2. The van der Waals surface area contributed by atoms with Gasteiger partial charge in [0.05, 0.1) is 0 Å². The Morgan fingerprint density at radius 3 is 1.60 bits per heavy atom. The van der Waals surface area contributed by atoms with E-state index < -0.39 is 25.9 Å². The van der Waals surface area contributed by atoms with E-state index in [2.05, 4.69) is 39.4 Å². The van der Waals surface area contributed by atoms with Crippen molar-refractivity contribution in [2.45, 2.75) is 26.2 Å². The molecule has 0 aromatic carbocycles. The van der Waals surface area contributed by atoms with Crippen LogP contribution in [0.3, 0.4) is 0 Å². The van der Waals surface area contributed by atoms with Crippen LogP contribution in [0, 0.1) is 0 Å². The molecule has 1 radical (unpaired) electrons. The van der Waals surface area contributed by atoms with Gasteiger partial charge >= 0.3 is 9.28 Å². The molecule has 0 spiro atoms. The molecule has 0 saturated heterocycles. The molecular weight excluding hydrogens is 236 g/mol. The second kappa shape index (κ2) is 5.76. The van der Waals surface area contributed by atoms with E-state index in [0.717, 1.165) is 0 Å². The van der Waals surface area contributed by atoms with Crippen LogP contribution in [0.15, 0.2) is 36.8 Å². The fraction of sp³-hybridized carbons (Fsp3) is 0.400. The van der Waals surface area contributed by atoms with E-state index in [1.807, 2.05) is 23.6 Å². The van der Waals surface area contributed by atoms with Crippen LogP contribution in [-0.4, -0.2) is 25.9 Å². The molecule has 0 aliphatic heterocycles. The van der Waals surface area contributed by atoms with Gasteiger partial charge in [-0.15, -0.1) is 19.7 Å². The van der Waals surface area contributed by atoms with Gasteiger partial charge in [0.1, 0.15) is 0 Å². The zero-order valence-corrected chi connectivity index (χ0v) is 13.2. The summed E-state index contributed by atoms with van der Waals surface area (Å²) in [6, 6.07) is 0. The van der Waals surface area contributed by atoms with Gasteiger partial charge in [0.2, 0.25) is 0 Å². The Kier molecular flexibility index (Phi) is 5.68. The van der Waals surface area contributed by atoms with E-state index in [4.69, 9.17) is 8.23 Å². The lowest BCUT2D eigenvalue weighted by Gasteiger charge is -2.28. The van der Waals surface area contributed by atoms with Crippen molar-refractivity contribution in [3.8, 4) is 0 Å². The molecular formula is C10H21O2Si3. The van der Waals surface area contributed by atoms with Crippen LogP contribution in [-0.2, 0) is 8.23 Å². The summed E-state index contributed by atoms with van der Waals surface area (Å²) < 4.78 is 11.9. The standard InChI is InChI=1S/C10H21O2Si3/c1-8-15(9-2,10-3)12-13(4)11-14(5,6)7/h8-10H,1-3H2,4-7H3. The van der Waals surface area contributed by atoms with Gasteiger partial charge in [0, 0.05) is 0 Å². The normalized spacial score (nSPS) is 12.6. The first kappa shape index (κ1) is 14.8. The smallest absolute Gasteiger partial charge is 0.359 e. The van der Waals surface area contributed by atoms with Gasteiger partial charge in [0.25, 0.3) is 8.32 Å². The Labute approximate surface area is 97.4 Å². The monoisotopic (exact) mass is 257 g/mol. The summed E-state index contributed by atoms with van der Waals surface area (Å²) in [4.78, 5) is 0. The van der Waals surface area contributed by atoms with Gasteiger partial charge in [-0.2, -0.15) is 0 Å². The lowest BCUT2D eigenvalue weighted by atomic mass is 11.2. The molecule has 0 N–H and O–H groups in total. The maximum absolute atomic E-state index is 5.96. The SMILES string of the molecule is C=C[Si](C=C)(C=C)O[Si](C)O[Si](C)(C)C. The summed E-state index contributed by atoms with van der Waals surface area (Å²) in [7, 11) is -4.89. The fourth-order valence-electron chi connectivity index (χ4n) is 1.08. The Balaban J connectivity index is 4.49. The third-order valence-corrected chi connectivity index (χ3v) is 9.81. The second-order valence-corrected chi connectivity index (χ2v) is 14.0. The zero-order chi connectivity index (χ0) is 12.1. The van der Waals surface area contributed by atoms with Crippen molar-refractivity contribution in [1.29, 1.82) is 0 Å². The minimum absolute atomic E-state index is 1.23. The molecule has 0 saturated carbocycles. The molecule has 0 aromatic heterocycles. The minimum Gasteiger partial charge on any atom is -0.436 e. The van der Waals surface area contributed by atoms with Crippen LogP contribution in [0.5, 0.6) is 0 Å². The first-order valence-electron chi connectivity index (χ1n) is 4.91. The van der Waals surface area contributed by atoms with Crippen molar-refractivity contribution >= 4 is 25.9 Å². The average Bonchev–Trinajstić information content (AvgIpc) is 2.11. The first-order chi connectivity index (χ1) is 6.78. The maximum atomic E-state index is 5.96. The van der Waals surface area contributed by atoms with Crippen LogP contribution in [0.2, 0.25) is 26.2 Å². The quantitative estimate of drug-likeness (QED) is 0.653. The highest BCUT2D eigenvalue weighted by Crippen LogP contribution is 2.14. The highest BCUT2D eigenvalue weighted by atomic mass is 28.4. The summed E-state index contributed by atoms with van der Waals surface area (Å²) in [6.45, 7) is 19.9. The molecule has 0 unspecified atom stereocenters. The third-order valence-electron chi connectivity index (χ3n) is 1.73. The summed E-state index contributed by atoms with van der Waals surface area (Å²) in [6.07, 6.45) is 0. The van der Waals surface area contributed by atoms with Crippen LogP contribution in [0.1, 0.15) is 0 Å². The average molecular weight is 258 g/mol. The Morgan fingerprint density at radius 1 is 0.933 bits per heavy atom. The molecule has 0 aromatic rings. The molecule has 0 aliphatic carbocycles. The Morgan fingerprint density at radius 2 is 1.33 bits per heavy atom. The second-order valence-electron chi connectivity index (χ2n) is 4.27. The van der Waals surface area contributed by atoms with Crippen molar-refractivity contribution in [2.24, 2.45) is 0 Å². The molecule has 0 rings (SSSR count). The minimum atomic E-state index is -2.15. The predicted molar refractivity (Wildman–Crippen MR) is 73.5 cm³/mol. The lowest BCUT2D eigenvalue weighted by Crippen LogP contribution is -2.43. The largest absolute Gasteiger partial charge is 0.436 e. The van der Waals surface area contributed by atoms with Gasteiger partial charge in [-0.05, 0) is 26.2 Å². The van der Waals surface area contributed by atoms with E-state index in [1.54, 1.807) is 0 Å². The van der Waals surface area contributed by atoms with Gasteiger partial charge < -0.3 is 8.23 Å². The molecule has 0 atom stereocenters. The Hall–Kier alpha value is -0.209. The molecule has 0 heterocycles. The van der Waals surface area contributed by atoms with E-state index in [9.17, 15) is 0 Å². The topological polar surface area (TPSA) is 18.5 Å². The highest BCUT2D eigenvalue weighted by molar-refractivity contribution is 6.92. The molecule has 0 fully saturated rings. The summed E-state index contributed by atoms with van der Waals surface area (Å²) in [5.41, 5.74) is 5.48. The molecule has 5 heteroatoms. The molecule has 0 aliphatic rings. The van der Waals surface area contributed by atoms with Crippen molar-refractivity contribution in [3.63, 3.8) is 0 Å². The van der Waals surface area contributed by atoms with Crippen molar-refractivity contribution in [1.82, 2.24) is 0 Å². The van der Waals surface area contributed by atoms with Gasteiger partial charge in [-0.3, -0.25) is 0 Å². The third kappa shape index (κ3) is 5.43. The van der Waals surface area contributed by atoms with Crippen LogP contribution < -0.4 is 0 Å². The van der Waals surface area contributed by atoms with E-state index in [1.165, 1.54) is 0 Å². The summed E-state index contributed by atoms with van der Waals surface area (Å²) >= 11 is 0. The number of rotatable bonds is 7.